The summed E-state index contributed by atoms with van der Waals surface area (Å²) in [5, 5.41) is 0. The van der Waals surface area contributed by atoms with Crippen LogP contribution in [0.2, 0.25) is 0 Å². The molecule has 1 unspecified atom stereocenters. The Bertz CT molecular complexity index is 476. The van der Waals surface area contributed by atoms with Crippen LogP contribution in [0.3, 0.4) is 0 Å². The molecule has 0 radical (unpaired) electrons. The lowest BCUT2D eigenvalue weighted by molar-refractivity contribution is 0.609. The van der Waals surface area contributed by atoms with Crippen molar-refractivity contribution in [2.75, 3.05) is 0 Å². The Morgan fingerprint density at radius 2 is 2.06 bits per heavy atom. The molecule has 1 atom stereocenters. The van der Waals surface area contributed by atoms with Gasteiger partial charge >= 0.3 is 0 Å². The fourth-order valence-electron chi connectivity index (χ4n) is 1.75. The van der Waals surface area contributed by atoms with E-state index in [0.717, 1.165) is 29.9 Å². The summed E-state index contributed by atoms with van der Waals surface area (Å²) < 4.78 is 12.8. The van der Waals surface area contributed by atoms with Crippen LogP contribution in [0.4, 0.5) is 4.39 Å². The zero-order valence-electron chi connectivity index (χ0n) is 9.78. The lowest BCUT2D eigenvalue weighted by Gasteiger charge is -2.05. The van der Waals surface area contributed by atoms with Crippen molar-refractivity contribution in [1.82, 2.24) is 9.97 Å². The topological polar surface area (TPSA) is 54.7 Å². The fourth-order valence-corrected chi connectivity index (χ4v) is 1.75. The number of nitrogens with two attached hydrogens (primary N) is 1. The summed E-state index contributed by atoms with van der Waals surface area (Å²) in [6.45, 7) is 2.09. The minimum absolute atomic E-state index is 0.0609. The van der Waals surface area contributed by atoms with Crippen LogP contribution in [-0.2, 0) is 0 Å². The van der Waals surface area contributed by atoms with E-state index in [1.54, 1.807) is 18.3 Å². The lowest BCUT2D eigenvalue weighted by Crippen LogP contribution is -2.11. The molecule has 2 rings (SSSR count). The summed E-state index contributed by atoms with van der Waals surface area (Å²) in [6.07, 6.45) is 3.65. The zero-order chi connectivity index (χ0) is 12.3. The van der Waals surface area contributed by atoms with Crippen molar-refractivity contribution in [2.24, 2.45) is 5.73 Å². The van der Waals surface area contributed by atoms with E-state index in [4.69, 9.17) is 5.73 Å². The molecule has 0 aliphatic rings. The van der Waals surface area contributed by atoms with Crippen LogP contribution in [0.15, 0.2) is 30.5 Å². The summed E-state index contributed by atoms with van der Waals surface area (Å²) in [5.41, 5.74) is 7.75. The van der Waals surface area contributed by atoms with Gasteiger partial charge in [0.05, 0.1) is 17.9 Å². The standard InChI is InChI=1S/C13H16FN3/c1-2-3-11(15)13-16-8-12(17-13)9-4-6-10(14)7-5-9/h4-8,11H,2-3,15H2,1H3,(H,16,17). The number of hydrogen-bond donors (Lipinski definition) is 2. The highest BCUT2D eigenvalue weighted by molar-refractivity contribution is 5.58. The molecule has 2 aromatic rings. The Balaban J connectivity index is 2.20. The van der Waals surface area contributed by atoms with E-state index in [1.807, 2.05) is 0 Å². The Hall–Kier alpha value is -1.68. The van der Waals surface area contributed by atoms with Gasteiger partial charge in [0, 0.05) is 0 Å². The van der Waals surface area contributed by atoms with Gasteiger partial charge in [-0.15, -0.1) is 0 Å². The smallest absolute Gasteiger partial charge is 0.123 e. The van der Waals surface area contributed by atoms with Gasteiger partial charge in [0.1, 0.15) is 11.6 Å². The average Bonchev–Trinajstić information content (AvgIpc) is 2.80. The molecule has 17 heavy (non-hydrogen) atoms. The van der Waals surface area contributed by atoms with E-state index in [-0.39, 0.29) is 11.9 Å². The molecule has 0 aliphatic heterocycles. The van der Waals surface area contributed by atoms with Crippen molar-refractivity contribution in [2.45, 2.75) is 25.8 Å². The molecular weight excluding hydrogens is 217 g/mol. The largest absolute Gasteiger partial charge is 0.341 e. The molecule has 1 aromatic carbocycles. The fraction of sp³-hybridized carbons (Fsp3) is 0.308. The van der Waals surface area contributed by atoms with E-state index in [2.05, 4.69) is 16.9 Å². The molecule has 0 bridgehead atoms. The maximum atomic E-state index is 12.8. The Morgan fingerprint density at radius 3 is 2.71 bits per heavy atom. The third-order valence-corrected chi connectivity index (χ3v) is 2.70. The number of nitrogens with one attached hydrogen (secondary N) is 1. The molecule has 0 amide bonds. The van der Waals surface area contributed by atoms with Crippen molar-refractivity contribution < 1.29 is 4.39 Å². The maximum Gasteiger partial charge on any atom is 0.123 e. The van der Waals surface area contributed by atoms with Gasteiger partial charge in [-0.2, -0.15) is 0 Å². The molecule has 4 heteroatoms. The van der Waals surface area contributed by atoms with Gasteiger partial charge in [-0.1, -0.05) is 13.3 Å². The minimum atomic E-state index is -0.240. The number of aromatic nitrogens is 2. The van der Waals surface area contributed by atoms with Gasteiger partial charge in [-0.05, 0) is 36.2 Å². The highest BCUT2D eigenvalue weighted by atomic mass is 19.1. The first-order valence-electron chi connectivity index (χ1n) is 5.77. The molecule has 1 heterocycles. The van der Waals surface area contributed by atoms with Crippen LogP contribution in [0, 0.1) is 5.82 Å². The number of halogens is 1. The van der Waals surface area contributed by atoms with Crippen molar-refractivity contribution in [3.8, 4) is 11.3 Å². The summed E-state index contributed by atoms with van der Waals surface area (Å²) >= 11 is 0. The first-order valence-corrected chi connectivity index (χ1v) is 5.77. The Labute approximate surface area is 99.9 Å². The predicted octanol–water partition coefficient (Wildman–Crippen LogP) is 3.02. The van der Waals surface area contributed by atoms with Crippen LogP contribution in [-0.4, -0.2) is 9.97 Å². The van der Waals surface area contributed by atoms with Crippen LogP contribution in [0.1, 0.15) is 31.6 Å². The van der Waals surface area contributed by atoms with Crippen molar-refractivity contribution in [1.29, 1.82) is 0 Å². The van der Waals surface area contributed by atoms with Crippen LogP contribution in [0.25, 0.3) is 11.3 Å². The number of hydrogen-bond acceptors (Lipinski definition) is 2. The summed E-state index contributed by atoms with van der Waals surface area (Å²) in [5.74, 6) is 0.544. The van der Waals surface area contributed by atoms with Gasteiger partial charge < -0.3 is 10.7 Å². The van der Waals surface area contributed by atoms with Crippen LogP contribution >= 0.6 is 0 Å². The molecule has 0 saturated carbocycles. The van der Waals surface area contributed by atoms with Crippen molar-refractivity contribution in [3.63, 3.8) is 0 Å². The Morgan fingerprint density at radius 1 is 1.35 bits per heavy atom. The number of H-pyrrole nitrogens is 1. The number of aromatic amines is 1. The molecule has 0 aliphatic carbocycles. The molecule has 1 aromatic heterocycles. The monoisotopic (exact) mass is 233 g/mol. The quantitative estimate of drug-likeness (QED) is 0.852. The SMILES string of the molecule is CCCC(N)c1ncc(-c2ccc(F)cc2)[nH]1. The molecule has 3 nitrogen and oxygen atoms in total. The minimum Gasteiger partial charge on any atom is -0.341 e. The summed E-state index contributed by atoms with van der Waals surface area (Å²) in [4.78, 5) is 7.43. The zero-order valence-corrected chi connectivity index (χ0v) is 9.78. The lowest BCUT2D eigenvalue weighted by atomic mass is 10.1. The van der Waals surface area contributed by atoms with Gasteiger partial charge in [-0.3, -0.25) is 0 Å². The van der Waals surface area contributed by atoms with Crippen molar-refractivity contribution in [3.05, 3.63) is 42.1 Å². The van der Waals surface area contributed by atoms with Crippen LogP contribution < -0.4 is 5.73 Å². The third-order valence-electron chi connectivity index (χ3n) is 2.70. The second kappa shape index (κ2) is 5.10. The molecule has 0 saturated heterocycles. The predicted molar refractivity (Wildman–Crippen MR) is 65.8 cm³/mol. The first kappa shape index (κ1) is 11.8. The number of nitrogens with zero attached hydrogens (tertiary/aromatic N) is 1. The van der Waals surface area contributed by atoms with Gasteiger partial charge in [0.15, 0.2) is 0 Å². The van der Waals surface area contributed by atoms with E-state index >= 15 is 0 Å². The normalized spacial score (nSPS) is 12.6. The van der Waals surface area contributed by atoms with Gasteiger partial charge in [-0.25, -0.2) is 9.37 Å². The highest BCUT2D eigenvalue weighted by Crippen LogP contribution is 2.20. The number of benzene rings is 1. The van der Waals surface area contributed by atoms with Crippen LogP contribution in [0.5, 0.6) is 0 Å². The summed E-state index contributed by atoms with van der Waals surface area (Å²) in [7, 11) is 0. The first-order chi connectivity index (χ1) is 8.20. The molecule has 0 fully saturated rings. The van der Waals surface area contributed by atoms with E-state index in [0.29, 0.717) is 0 Å². The average molecular weight is 233 g/mol. The second-order valence-corrected chi connectivity index (χ2v) is 4.08. The van der Waals surface area contributed by atoms with E-state index in [9.17, 15) is 4.39 Å². The van der Waals surface area contributed by atoms with Crippen molar-refractivity contribution >= 4 is 0 Å². The molecule has 0 spiro atoms. The number of rotatable bonds is 4. The maximum absolute atomic E-state index is 12.8. The second-order valence-electron chi connectivity index (χ2n) is 4.08. The third kappa shape index (κ3) is 2.71. The molecule has 90 valence electrons. The highest BCUT2D eigenvalue weighted by Gasteiger charge is 2.09. The molecular formula is C13H16FN3. The summed E-state index contributed by atoms with van der Waals surface area (Å²) in [6, 6.07) is 6.24. The van der Waals surface area contributed by atoms with E-state index in [1.165, 1.54) is 12.1 Å². The van der Waals surface area contributed by atoms with E-state index < -0.39 is 0 Å². The number of imidazole rings is 1. The van der Waals surface area contributed by atoms with Gasteiger partial charge in [0.2, 0.25) is 0 Å². The van der Waals surface area contributed by atoms with Gasteiger partial charge in [0.25, 0.3) is 0 Å². The molecule has 3 N–H and O–H groups in total. The Kier molecular flexibility index (Phi) is 3.54.